The summed E-state index contributed by atoms with van der Waals surface area (Å²) < 4.78 is 153. The van der Waals surface area contributed by atoms with Crippen molar-refractivity contribution in [2.45, 2.75) is 43.4 Å². The zero-order chi connectivity index (χ0) is 30.5. The predicted octanol–water partition coefficient (Wildman–Crippen LogP) is 3.04. The van der Waals surface area contributed by atoms with Crippen molar-refractivity contribution in [3.05, 3.63) is 29.7 Å². The number of benzene rings is 1. The molecule has 1 aromatic rings. The quantitative estimate of drug-likeness (QED) is 0.906. The number of ether oxygens (including phenoxy) is 1. The van der Waals surface area contributed by atoms with Crippen LogP contribution in [0.25, 0.3) is 0 Å². The van der Waals surface area contributed by atoms with Gasteiger partial charge >= 0.3 is 0 Å². The summed E-state index contributed by atoms with van der Waals surface area (Å²) in [6, 6.07) is -4.38. The van der Waals surface area contributed by atoms with Crippen molar-refractivity contribution in [3.8, 4) is 5.75 Å². The Morgan fingerprint density at radius 3 is 2.65 bits per heavy atom. The molecule has 1 aromatic carbocycles. The minimum atomic E-state index is -4.38. The topological polar surface area (TPSA) is 32.7 Å². The molecule has 1 aliphatic rings. The van der Waals surface area contributed by atoms with Crippen LogP contribution in [0.2, 0.25) is 0 Å². The van der Waals surface area contributed by atoms with Gasteiger partial charge in [0.25, 0.3) is 0 Å². The first-order chi connectivity index (χ1) is 16.6. The van der Waals surface area contributed by atoms with Crippen molar-refractivity contribution in [2.75, 3.05) is 27.7 Å². The summed E-state index contributed by atoms with van der Waals surface area (Å²) in [5.41, 5.74) is -5.67. The lowest BCUT2D eigenvalue weighted by Crippen LogP contribution is -2.42. The molecule has 0 bridgehead atoms. The van der Waals surface area contributed by atoms with Gasteiger partial charge in [-0.15, -0.1) is 0 Å². The van der Waals surface area contributed by atoms with E-state index < -0.39 is 92.4 Å². The van der Waals surface area contributed by atoms with E-state index in [2.05, 4.69) is 0 Å². The third-order valence-electron chi connectivity index (χ3n) is 2.55. The Hall–Kier alpha value is -1.06. The molecule has 0 radical (unpaired) electrons. The van der Waals surface area contributed by atoms with Crippen LogP contribution in [-0.4, -0.2) is 43.3 Å². The minimum absolute atomic E-state index is 0.300. The third-order valence-corrected chi connectivity index (χ3v) is 2.55. The highest BCUT2D eigenvalue weighted by Gasteiger charge is 2.38. The molecule has 0 aromatic heterocycles. The van der Waals surface area contributed by atoms with E-state index in [9.17, 15) is 6.48 Å². The first-order valence-corrected chi connectivity index (χ1v) is 5.68. The van der Waals surface area contributed by atoms with Crippen molar-refractivity contribution in [3.63, 3.8) is 0 Å². The van der Waals surface area contributed by atoms with Gasteiger partial charge in [-0.1, -0.05) is 31.2 Å². The number of aliphatic hydroxyl groups is 1. The van der Waals surface area contributed by atoms with Gasteiger partial charge < -0.3 is 14.7 Å². The second-order valence-corrected chi connectivity index (χ2v) is 4.08. The molecule has 1 N–H and O–H groups in total. The molecule has 2 rings (SSSR count). The van der Waals surface area contributed by atoms with Crippen molar-refractivity contribution in [2.24, 2.45) is 0 Å². The van der Waals surface area contributed by atoms with E-state index in [4.69, 9.17) is 28.0 Å². The van der Waals surface area contributed by atoms with Gasteiger partial charge in [0.1, 0.15) is 5.75 Å². The monoisotopic (exact) mass is 295 g/mol. The van der Waals surface area contributed by atoms with Gasteiger partial charge in [0.15, 0.2) is 0 Å². The fourth-order valence-electron chi connectivity index (χ4n) is 1.62. The zero-order valence-corrected chi connectivity index (χ0v) is 11.0. The van der Waals surface area contributed by atoms with Crippen LogP contribution in [0.3, 0.4) is 0 Å². The van der Waals surface area contributed by atoms with Crippen LogP contribution in [0.15, 0.2) is 24.2 Å². The summed E-state index contributed by atoms with van der Waals surface area (Å²) in [6.07, 6.45) is -20.7. The molecule has 1 saturated carbocycles. The number of nitrogens with zero attached hydrogens (tertiary/aromatic N) is 1. The maximum absolute atomic E-state index is 12.0. The molecule has 0 amide bonds. The van der Waals surface area contributed by atoms with Crippen LogP contribution in [0.4, 0.5) is 0 Å². The molecule has 0 heterocycles. The summed E-state index contributed by atoms with van der Waals surface area (Å²) in [5.74, 6) is -4.38. The number of methoxy groups -OCH3 is 1. The molecule has 0 saturated heterocycles. The molecule has 0 aliphatic heterocycles. The second kappa shape index (κ2) is 6.59. The largest absolute Gasteiger partial charge is 0.497 e. The number of hydrogen-bond donors (Lipinski definition) is 1. The Morgan fingerprint density at radius 1 is 1.45 bits per heavy atom. The van der Waals surface area contributed by atoms with Crippen molar-refractivity contribution in [1.82, 2.24) is 4.90 Å². The molecule has 1 unspecified atom stereocenters. The summed E-state index contributed by atoms with van der Waals surface area (Å²) in [5, 5.41) is 12.0. The Balaban J connectivity index is 3.27. The lowest BCUT2D eigenvalue weighted by molar-refractivity contribution is -0.0277. The smallest absolute Gasteiger partial charge is 0.118 e. The first-order valence-electron chi connectivity index (χ1n) is 14.7. The van der Waals surface area contributed by atoms with E-state index >= 15 is 0 Å². The summed E-state index contributed by atoms with van der Waals surface area (Å²) in [4.78, 5) is 0.300. The fourth-order valence-corrected chi connectivity index (χ4v) is 1.62. The molecule has 3 heteroatoms. The standard InChI is InChI=1S/C17H27NO2/c1-18(2)13-16(17(19)11-5-4-6-12-17)14-7-9-15(20-3)10-8-14/h7-10,16,19H,4-6,11-13H2,1-3H3/i1D3,4D2,5D2,6D2,7D,8D,9D,10D,11D2,12D2,16D. The fraction of sp³-hybridized carbons (Fsp3) is 0.647. The normalized spacial score (nSPS) is 47.8. The highest BCUT2D eigenvalue weighted by Crippen LogP contribution is 2.40. The maximum Gasteiger partial charge on any atom is 0.118 e. The summed E-state index contributed by atoms with van der Waals surface area (Å²) >= 11 is 0. The van der Waals surface area contributed by atoms with E-state index in [1.54, 1.807) is 0 Å². The van der Waals surface area contributed by atoms with Crippen molar-refractivity contribution in [1.29, 1.82) is 0 Å². The average Bonchev–Trinajstić information content (AvgIpc) is 2.75. The molecule has 1 fully saturated rings. The Kier molecular flexibility index (Phi) is 1.40. The summed E-state index contributed by atoms with van der Waals surface area (Å²) in [7, 11) is 1.80. The molecule has 3 nitrogen and oxygen atoms in total. The molecule has 0 spiro atoms. The molecule has 112 valence electrons. The zero-order valence-electron chi connectivity index (χ0n) is 29.0. The molecule has 20 heavy (non-hydrogen) atoms. The number of hydrogen-bond acceptors (Lipinski definition) is 3. The lowest BCUT2D eigenvalue weighted by Gasteiger charge is -2.40. The van der Waals surface area contributed by atoms with Crippen LogP contribution in [-0.2, 0) is 0 Å². The number of rotatable bonds is 5. The lowest BCUT2D eigenvalue weighted by atomic mass is 9.72. The Labute approximate surface area is 147 Å². The SMILES string of the molecule is [2H]c1c([2H])c(C([2H])(CN(C)C([2H])([2H])[2H])C2(O)C([2H])([2H])C([2H])([2H])C([2H])([2H])C([2H])([2H])C2([2H])[2H])c([2H])c([2H])c1OC. The third kappa shape index (κ3) is 3.53. The van der Waals surface area contributed by atoms with E-state index in [0.29, 0.717) is 4.90 Å². The maximum atomic E-state index is 12.0. The second-order valence-electron chi connectivity index (χ2n) is 4.08. The molecule has 1 atom stereocenters. The molecular weight excluding hydrogens is 250 g/mol. The van der Waals surface area contributed by atoms with Gasteiger partial charge in [0.05, 0.1) is 18.2 Å². The predicted molar refractivity (Wildman–Crippen MR) is 82.3 cm³/mol. The Bertz CT molecular complexity index is 1060. The molecular formula is C17H27NO2. The van der Waals surface area contributed by atoms with Crippen molar-refractivity contribution >= 4 is 0 Å². The van der Waals surface area contributed by atoms with Gasteiger partial charge in [-0.2, -0.15) is 0 Å². The van der Waals surface area contributed by atoms with Crippen LogP contribution < -0.4 is 4.74 Å². The van der Waals surface area contributed by atoms with Crippen LogP contribution >= 0.6 is 0 Å². The highest BCUT2D eigenvalue weighted by atomic mass is 16.5. The first kappa shape index (κ1) is 4.23. The van der Waals surface area contributed by atoms with Crippen molar-refractivity contribution < 1.29 is 34.5 Å². The van der Waals surface area contributed by atoms with Gasteiger partial charge in [-0.25, -0.2) is 0 Å². The van der Waals surface area contributed by atoms with Gasteiger partial charge in [0.2, 0.25) is 0 Å². The van der Waals surface area contributed by atoms with Gasteiger partial charge in [-0.05, 0) is 44.4 Å². The minimum Gasteiger partial charge on any atom is -0.497 e. The van der Waals surface area contributed by atoms with Gasteiger partial charge in [0, 0.05) is 31.6 Å². The van der Waals surface area contributed by atoms with E-state index in [0.717, 1.165) is 14.2 Å². The van der Waals surface area contributed by atoms with Crippen LogP contribution in [0.5, 0.6) is 5.75 Å². The molecule has 1 aliphatic carbocycles. The average molecular weight is 296 g/mol. The van der Waals surface area contributed by atoms with Gasteiger partial charge in [-0.3, -0.25) is 0 Å². The van der Waals surface area contributed by atoms with E-state index in [1.807, 2.05) is 0 Å². The van der Waals surface area contributed by atoms with Crippen LogP contribution in [0, 0.1) is 0 Å². The highest BCUT2D eigenvalue weighted by molar-refractivity contribution is 5.31. The number of likely N-dealkylation sites (N-methyl/N-ethyl adjacent to an activating group) is 1. The Morgan fingerprint density at radius 2 is 2.10 bits per heavy atom. The van der Waals surface area contributed by atoms with Crippen LogP contribution in [0.1, 0.15) is 68.0 Å². The summed E-state index contributed by atoms with van der Waals surface area (Å²) in [6.45, 7) is -4.65. The van der Waals surface area contributed by atoms with E-state index in [-0.39, 0.29) is 0 Å². The van der Waals surface area contributed by atoms with E-state index in [1.165, 1.54) is 0 Å².